The molecule has 0 aliphatic carbocycles. The number of hydrogen-bond donors (Lipinski definition) is 0. The SMILES string of the molecule is COc1ccccc1-n1c(SCC(=O)N2CCCCC2C)nnc1-c1cccs1. The van der Waals surface area contributed by atoms with Gasteiger partial charge in [-0.05, 0) is 49.8 Å². The first kappa shape index (κ1) is 20.0. The van der Waals surface area contributed by atoms with Crippen LogP contribution in [-0.2, 0) is 4.79 Å². The second kappa shape index (κ2) is 9.00. The van der Waals surface area contributed by atoms with E-state index in [4.69, 9.17) is 4.74 Å². The number of nitrogens with zero attached hydrogens (tertiary/aromatic N) is 4. The van der Waals surface area contributed by atoms with Crippen molar-refractivity contribution in [3.63, 3.8) is 0 Å². The topological polar surface area (TPSA) is 60.2 Å². The molecule has 4 rings (SSSR count). The Morgan fingerprint density at radius 2 is 2.10 bits per heavy atom. The minimum Gasteiger partial charge on any atom is -0.495 e. The monoisotopic (exact) mass is 428 g/mol. The number of amides is 1. The number of aromatic nitrogens is 3. The molecular weight excluding hydrogens is 404 g/mol. The van der Waals surface area contributed by atoms with Gasteiger partial charge in [0.25, 0.3) is 0 Å². The highest BCUT2D eigenvalue weighted by Crippen LogP contribution is 2.34. The normalized spacial score (nSPS) is 16.8. The second-order valence-corrected chi connectivity index (χ2v) is 8.90. The smallest absolute Gasteiger partial charge is 0.233 e. The molecule has 1 saturated heterocycles. The summed E-state index contributed by atoms with van der Waals surface area (Å²) in [5, 5.41) is 11.6. The molecule has 1 unspecified atom stereocenters. The average Bonchev–Trinajstić information content (AvgIpc) is 3.42. The zero-order valence-electron chi connectivity index (χ0n) is 16.6. The Balaban J connectivity index is 1.64. The third-order valence-electron chi connectivity index (χ3n) is 5.15. The fraction of sp³-hybridized carbons (Fsp3) is 0.381. The number of likely N-dealkylation sites (tertiary alicyclic amines) is 1. The van der Waals surface area contributed by atoms with Crippen molar-refractivity contribution in [2.75, 3.05) is 19.4 Å². The molecule has 152 valence electrons. The number of benzene rings is 1. The number of para-hydroxylation sites is 2. The van der Waals surface area contributed by atoms with Crippen LogP contribution in [0, 0.1) is 0 Å². The van der Waals surface area contributed by atoms with E-state index in [0.717, 1.165) is 41.5 Å². The molecule has 0 bridgehead atoms. The summed E-state index contributed by atoms with van der Waals surface area (Å²) in [6.07, 6.45) is 3.36. The van der Waals surface area contributed by atoms with E-state index in [-0.39, 0.29) is 5.91 Å². The Kier molecular flexibility index (Phi) is 6.20. The van der Waals surface area contributed by atoms with Gasteiger partial charge in [-0.25, -0.2) is 0 Å². The van der Waals surface area contributed by atoms with Gasteiger partial charge in [-0.1, -0.05) is 30.0 Å². The van der Waals surface area contributed by atoms with E-state index in [1.807, 2.05) is 51.2 Å². The molecule has 1 atom stereocenters. The Morgan fingerprint density at radius 3 is 2.86 bits per heavy atom. The van der Waals surface area contributed by atoms with E-state index in [2.05, 4.69) is 17.1 Å². The van der Waals surface area contributed by atoms with Gasteiger partial charge in [-0.2, -0.15) is 0 Å². The lowest BCUT2D eigenvalue weighted by atomic mass is 10.0. The Bertz CT molecular complexity index is 971. The van der Waals surface area contributed by atoms with Gasteiger partial charge < -0.3 is 9.64 Å². The molecule has 0 saturated carbocycles. The molecule has 0 radical (unpaired) electrons. The van der Waals surface area contributed by atoms with Crippen molar-refractivity contribution in [2.45, 2.75) is 37.4 Å². The van der Waals surface area contributed by atoms with Crippen LogP contribution in [0.4, 0.5) is 0 Å². The second-order valence-electron chi connectivity index (χ2n) is 7.01. The summed E-state index contributed by atoms with van der Waals surface area (Å²) in [5.74, 6) is 2.00. The van der Waals surface area contributed by atoms with E-state index in [9.17, 15) is 4.79 Å². The van der Waals surface area contributed by atoms with Crippen molar-refractivity contribution in [1.82, 2.24) is 19.7 Å². The number of carbonyl (C=O) groups excluding carboxylic acids is 1. The Labute approximate surface area is 178 Å². The molecule has 0 N–H and O–H groups in total. The van der Waals surface area contributed by atoms with Crippen LogP contribution in [0.25, 0.3) is 16.4 Å². The maximum atomic E-state index is 12.8. The molecular formula is C21H24N4O2S2. The molecule has 1 fully saturated rings. The highest BCUT2D eigenvalue weighted by atomic mass is 32.2. The maximum Gasteiger partial charge on any atom is 0.233 e. The van der Waals surface area contributed by atoms with Gasteiger partial charge in [0.15, 0.2) is 11.0 Å². The quantitative estimate of drug-likeness (QED) is 0.541. The number of hydrogen-bond acceptors (Lipinski definition) is 6. The standard InChI is InChI=1S/C21H24N4O2S2/c1-15-8-5-6-12-24(15)19(26)14-29-21-23-22-20(18-11-7-13-28-18)25(21)16-9-3-4-10-17(16)27-2/h3-4,7,9-11,13,15H,5-6,8,12,14H2,1-2H3. The third kappa shape index (κ3) is 4.18. The number of piperidine rings is 1. The zero-order chi connectivity index (χ0) is 20.2. The summed E-state index contributed by atoms with van der Waals surface area (Å²) < 4.78 is 7.56. The maximum absolute atomic E-state index is 12.8. The lowest BCUT2D eigenvalue weighted by Crippen LogP contribution is -2.42. The van der Waals surface area contributed by atoms with Crippen LogP contribution in [0.1, 0.15) is 26.2 Å². The summed E-state index contributed by atoms with van der Waals surface area (Å²) in [4.78, 5) is 15.8. The fourth-order valence-electron chi connectivity index (χ4n) is 3.64. The number of ether oxygens (including phenoxy) is 1. The van der Waals surface area contributed by atoms with E-state index in [1.54, 1.807) is 18.4 Å². The molecule has 1 aromatic carbocycles. The van der Waals surface area contributed by atoms with Crippen molar-refractivity contribution in [2.24, 2.45) is 0 Å². The molecule has 1 aliphatic heterocycles. The van der Waals surface area contributed by atoms with E-state index in [0.29, 0.717) is 17.0 Å². The van der Waals surface area contributed by atoms with E-state index in [1.165, 1.54) is 18.2 Å². The van der Waals surface area contributed by atoms with Crippen molar-refractivity contribution in [3.8, 4) is 22.1 Å². The highest BCUT2D eigenvalue weighted by Gasteiger charge is 2.25. The third-order valence-corrected chi connectivity index (χ3v) is 6.93. The van der Waals surface area contributed by atoms with Crippen LogP contribution in [0.15, 0.2) is 46.9 Å². The molecule has 1 aliphatic rings. The number of carbonyl (C=O) groups is 1. The first-order valence-corrected chi connectivity index (χ1v) is 11.6. The first-order chi connectivity index (χ1) is 14.2. The summed E-state index contributed by atoms with van der Waals surface area (Å²) in [5.41, 5.74) is 0.865. The van der Waals surface area contributed by atoms with Crippen molar-refractivity contribution < 1.29 is 9.53 Å². The number of thioether (sulfide) groups is 1. The fourth-order valence-corrected chi connectivity index (χ4v) is 5.17. The van der Waals surface area contributed by atoms with Crippen molar-refractivity contribution >= 4 is 29.0 Å². The number of thiophene rings is 1. The van der Waals surface area contributed by atoms with Gasteiger partial charge in [0.1, 0.15) is 5.75 Å². The summed E-state index contributed by atoms with van der Waals surface area (Å²) in [6.45, 7) is 2.98. The minimum absolute atomic E-state index is 0.162. The molecule has 0 spiro atoms. The molecule has 8 heteroatoms. The van der Waals surface area contributed by atoms with E-state index >= 15 is 0 Å². The molecule has 6 nitrogen and oxygen atoms in total. The van der Waals surface area contributed by atoms with Gasteiger partial charge >= 0.3 is 0 Å². The van der Waals surface area contributed by atoms with Gasteiger partial charge in [0.2, 0.25) is 5.91 Å². The van der Waals surface area contributed by atoms with Crippen LogP contribution >= 0.6 is 23.1 Å². The average molecular weight is 429 g/mol. The minimum atomic E-state index is 0.162. The lowest BCUT2D eigenvalue weighted by Gasteiger charge is -2.33. The van der Waals surface area contributed by atoms with Crippen LogP contribution < -0.4 is 4.74 Å². The predicted octanol–water partition coefficient (Wildman–Crippen LogP) is 4.50. The van der Waals surface area contributed by atoms with Crippen LogP contribution in [0.3, 0.4) is 0 Å². The molecule has 3 heterocycles. The predicted molar refractivity (Wildman–Crippen MR) is 117 cm³/mol. The Hall–Kier alpha value is -2.32. The summed E-state index contributed by atoms with van der Waals surface area (Å²) >= 11 is 3.04. The van der Waals surface area contributed by atoms with Crippen LogP contribution in [-0.4, -0.2) is 51.0 Å². The van der Waals surface area contributed by atoms with Crippen molar-refractivity contribution in [3.05, 3.63) is 41.8 Å². The molecule has 29 heavy (non-hydrogen) atoms. The van der Waals surface area contributed by atoms with Crippen LogP contribution in [0.2, 0.25) is 0 Å². The van der Waals surface area contributed by atoms with E-state index < -0.39 is 0 Å². The number of methoxy groups -OCH3 is 1. The summed E-state index contributed by atoms with van der Waals surface area (Å²) in [7, 11) is 1.65. The van der Waals surface area contributed by atoms with Gasteiger partial charge in [0.05, 0.1) is 23.4 Å². The summed E-state index contributed by atoms with van der Waals surface area (Å²) in [6, 6.07) is 12.1. The zero-order valence-corrected chi connectivity index (χ0v) is 18.2. The highest BCUT2D eigenvalue weighted by molar-refractivity contribution is 7.99. The Morgan fingerprint density at radius 1 is 1.24 bits per heavy atom. The van der Waals surface area contributed by atoms with Gasteiger partial charge in [-0.3, -0.25) is 9.36 Å². The van der Waals surface area contributed by atoms with Crippen LogP contribution in [0.5, 0.6) is 5.75 Å². The van der Waals surface area contributed by atoms with Gasteiger partial charge in [0, 0.05) is 12.6 Å². The molecule has 3 aromatic rings. The lowest BCUT2D eigenvalue weighted by molar-refractivity contribution is -0.131. The molecule has 2 aromatic heterocycles. The number of rotatable bonds is 6. The van der Waals surface area contributed by atoms with Crippen molar-refractivity contribution in [1.29, 1.82) is 0 Å². The van der Waals surface area contributed by atoms with Gasteiger partial charge in [-0.15, -0.1) is 21.5 Å². The first-order valence-electron chi connectivity index (χ1n) is 9.74. The largest absolute Gasteiger partial charge is 0.495 e. The molecule has 1 amide bonds.